The number of hydrogen-bond donors (Lipinski definition) is 1. The minimum absolute atomic E-state index is 0.158. The van der Waals surface area contributed by atoms with Crippen molar-refractivity contribution in [1.82, 2.24) is 14.9 Å². The van der Waals surface area contributed by atoms with Crippen molar-refractivity contribution in [2.24, 2.45) is 0 Å². The fraction of sp³-hybridized carbons (Fsp3) is 0.400. The molecule has 1 aromatic carbocycles. The average Bonchev–Trinajstić information content (AvgIpc) is 2.77. The van der Waals surface area contributed by atoms with Crippen LogP contribution >= 0.6 is 11.6 Å². The highest BCUT2D eigenvalue weighted by molar-refractivity contribution is 6.30. The van der Waals surface area contributed by atoms with E-state index >= 15 is 0 Å². The Labute approximate surface area is 123 Å². The van der Waals surface area contributed by atoms with Crippen molar-refractivity contribution in [1.29, 1.82) is 0 Å². The smallest absolute Gasteiger partial charge is 0.146 e. The molecule has 0 fully saturated rings. The molecule has 2 aromatic rings. The summed E-state index contributed by atoms with van der Waals surface area (Å²) in [6.45, 7) is 6.18. The quantitative estimate of drug-likeness (QED) is 0.826. The van der Waals surface area contributed by atoms with Gasteiger partial charge in [0.25, 0.3) is 0 Å². The van der Waals surface area contributed by atoms with Crippen LogP contribution < -0.4 is 5.32 Å². The summed E-state index contributed by atoms with van der Waals surface area (Å²) in [6, 6.07) is 5.08. The van der Waals surface area contributed by atoms with Crippen molar-refractivity contribution in [3.8, 4) is 0 Å². The summed E-state index contributed by atoms with van der Waals surface area (Å²) in [7, 11) is 0. The van der Waals surface area contributed by atoms with Gasteiger partial charge < -0.3 is 9.88 Å². The van der Waals surface area contributed by atoms with Gasteiger partial charge in [0.05, 0.1) is 17.3 Å². The SMILES string of the molecule is CCCNCc1cnc(C)n1Cc1cccc(Cl)c1F. The molecule has 0 bridgehead atoms. The molecule has 0 aliphatic rings. The zero-order chi connectivity index (χ0) is 14.5. The minimum Gasteiger partial charge on any atom is -0.326 e. The Morgan fingerprint density at radius 2 is 2.20 bits per heavy atom. The maximum absolute atomic E-state index is 14.0. The molecule has 0 saturated carbocycles. The van der Waals surface area contributed by atoms with Gasteiger partial charge in [0.15, 0.2) is 0 Å². The van der Waals surface area contributed by atoms with Crippen LogP contribution in [0.25, 0.3) is 0 Å². The highest BCUT2D eigenvalue weighted by Gasteiger charge is 2.11. The molecular formula is C15H19ClFN3. The summed E-state index contributed by atoms with van der Waals surface area (Å²) < 4.78 is 16.0. The number of aryl methyl sites for hydroxylation is 1. The second-order valence-electron chi connectivity index (χ2n) is 4.77. The van der Waals surface area contributed by atoms with Gasteiger partial charge >= 0.3 is 0 Å². The van der Waals surface area contributed by atoms with Crippen molar-refractivity contribution in [2.45, 2.75) is 33.4 Å². The number of imidazole rings is 1. The Bertz CT molecular complexity index is 580. The minimum atomic E-state index is -0.352. The van der Waals surface area contributed by atoms with Crippen LogP contribution in [0.3, 0.4) is 0 Å². The summed E-state index contributed by atoms with van der Waals surface area (Å²) in [5, 5.41) is 3.49. The molecule has 3 nitrogen and oxygen atoms in total. The zero-order valence-corrected chi connectivity index (χ0v) is 12.5. The molecule has 1 N–H and O–H groups in total. The van der Waals surface area contributed by atoms with E-state index in [2.05, 4.69) is 17.2 Å². The van der Waals surface area contributed by atoms with Crippen molar-refractivity contribution in [3.63, 3.8) is 0 Å². The average molecular weight is 296 g/mol. The molecule has 0 saturated heterocycles. The number of halogens is 2. The van der Waals surface area contributed by atoms with E-state index in [0.717, 1.165) is 31.0 Å². The fourth-order valence-corrected chi connectivity index (χ4v) is 2.30. The number of benzene rings is 1. The first-order valence-electron chi connectivity index (χ1n) is 6.78. The molecule has 0 spiro atoms. The van der Waals surface area contributed by atoms with E-state index in [1.54, 1.807) is 18.2 Å². The largest absolute Gasteiger partial charge is 0.326 e. The van der Waals surface area contributed by atoms with Crippen LogP contribution in [0.15, 0.2) is 24.4 Å². The Morgan fingerprint density at radius 3 is 2.95 bits per heavy atom. The van der Waals surface area contributed by atoms with Gasteiger partial charge in [-0.15, -0.1) is 0 Å². The normalized spacial score (nSPS) is 11.0. The van der Waals surface area contributed by atoms with Crippen LogP contribution in [0.5, 0.6) is 0 Å². The number of rotatable bonds is 6. The molecule has 1 heterocycles. The number of hydrogen-bond acceptors (Lipinski definition) is 2. The standard InChI is InChI=1S/C15H19ClFN3/c1-3-7-18-8-13-9-19-11(2)20(13)10-12-5-4-6-14(16)15(12)17/h4-6,9,18H,3,7-8,10H2,1-2H3. The lowest BCUT2D eigenvalue weighted by molar-refractivity contribution is 0.582. The van der Waals surface area contributed by atoms with E-state index in [4.69, 9.17) is 11.6 Å². The van der Waals surface area contributed by atoms with E-state index in [-0.39, 0.29) is 10.8 Å². The third-order valence-corrected chi connectivity index (χ3v) is 3.52. The molecule has 20 heavy (non-hydrogen) atoms. The van der Waals surface area contributed by atoms with Crippen LogP contribution in [0.2, 0.25) is 5.02 Å². The lowest BCUT2D eigenvalue weighted by Gasteiger charge is -2.12. The van der Waals surface area contributed by atoms with Crippen LogP contribution in [-0.2, 0) is 13.1 Å². The lowest BCUT2D eigenvalue weighted by atomic mass is 10.2. The Balaban J connectivity index is 2.20. The zero-order valence-electron chi connectivity index (χ0n) is 11.8. The summed E-state index contributed by atoms with van der Waals surface area (Å²) in [5.41, 5.74) is 1.63. The van der Waals surface area contributed by atoms with Crippen molar-refractivity contribution >= 4 is 11.6 Å². The van der Waals surface area contributed by atoms with Gasteiger partial charge in [-0.2, -0.15) is 0 Å². The Morgan fingerprint density at radius 1 is 1.40 bits per heavy atom. The molecule has 0 amide bonds. The number of aromatic nitrogens is 2. The topological polar surface area (TPSA) is 29.9 Å². The van der Waals surface area contributed by atoms with Gasteiger partial charge in [0, 0.05) is 18.3 Å². The van der Waals surface area contributed by atoms with Gasteiger partial charge in [-0.1, -0.05) is 30.7 Å². The van der Waals surface area contributed by atoms with Crippen LogP contribution in [0.1, 0.15) is 30.4 Å². The molecule has 0 unspecified atom stereocenters. The van der Waals surface area contributed by atoms with Gasteiger partial charge in [-0.05, 0) is 26.0 Å². The van der Waals surface area contributed by atoms with E-state index < -0.39 is 0 Å². The van der Waals surface area contributed by atoms with Crippen LogP contribution in [0, 0.1) is 12.7 Å². The predicted octanol–water partition coefficient (Wildman–Crippen LogP) is 3.53. The molecular weight excluding hydrogens is 277 g/mol. The van der Waals surface area contributed by atoms with Crippen molar-refractivity contribution in [3.05, 3.63) is 52.3 Å². The molecule has 0 radical (unpaired) electrons. The molecule has 0 aliphatic carbocycles. The third kappa shape index (κ3) is 3.38. The summed E-state index contributed by atoms with van der Waals surface area (Å²) in [4.78, 5) is 4.31. The second-order valence-corrected chi connectivity index (χ2v) is 5.18. The first kappa shape index (κ1) is 15.0. The highest BCUT2D eigenvalue weighted by atomic mass is 35.5. The highest BCUT2D eigenvalue weighted by Crippen LogP contribution is 2.20. The Kier molecular flexibility index (Phi) is 5.15. The van der Waals surface area contributed by atoms with Gasteiger partial charge in [-0.3, -0.25) is 0 Å². The van der Waals surface area contributed by atoms with E-state index in [9.17, 15) is 4.39 Å². The van der Waals surface area contributed by atoms with E-state index in [1.165, 1.54) is 0 Å². The maximum Gasteiger partial charge on any atom is 0.146 e. The molecule has 2 rings (SSSR count). The first-order chi connectivity index (χ1) is 9.63. The molecule has 108 valence electrons. The number of nitrogens with one attached hydrogen (secondary N) is 1. The molecule has 0 atom stereocenters. The van der Waals surface area contributed by atoms with E-state index in [1.807, 2.05) is 17.7 Å². The summed E-state index contributed by atoms with van der Waals surface area (Å²) >= 11 is 5.82. The molecule has 1 aromatic heterocycles. The third-order valence-electron chi connectivity index (χ3n) is 3.23. The number of nitrogens with zero attached hydrogens (tertiary/aromatic N) is 2. The second kappa shape index (κ2) is 6.86. The Hall–Kier alpha value is -1.39. The van der Waals surface area contributed by atoms with Crippen LogP contribution in [-0.4, -0.2) is 16.1 Å². The van der Waals surface area contributed by atoms with Gasteiger partial charge in [0.2, 0.25) is 0 Å². The lowest BCUT2D eigenvalue weighted by Crippen LogP contribution is -2.18. The van der Waals surface area contributed by atoms with Gasteiger partial charge in [0.1, 0.15) is 11.6 Å². The van der Waals surface area contributed by atoms with Crippen molar-refractivity contribution in [2.75, 3.05) is 6.54 Å². The summed E-state index contributed by atoms with van der Waals surface area (Å²) in [6.07, 6.45) is 2.91. The van der Waals surface area contributed by atoms with Crippen molar-refractivity contribution < 1.29 is 4.39 Å². The maximum atomic E-state index is 14.0. The first-order valence-corrected chi connectivity index (χ1v) is 7.16. The van der Waals surface area contributed by atoms with E-state index in [0.29, 0.717) is 12.1 Å². The summed E-state index contributed by atoms with van der Waals surface area (Å²) in [5.74, 6) is 0.521. The molecule has 0 aliphatic heterocycles. The monoisotopic (exact) mass is 295 g/mol. The van der Waals surface area contributed by atoms with Gasteiger partial charge in [-0.25, -0.2) is 9.37 Å². The fourth-order valence-electron chi connectivity index (χ4n) is 2.11. The van der Waals surface area contributed by atoms with Crippen LogP contribution in [0.4, 0.5) is 4.39 Å². The predicted molar refractivity (Wildman–Crippen MR) is 79.5 cm³/mol. The molecule has 5 heteroatoms.